The second-order valence-electron chi connectivity index (χ2n) is 5.80. The van der Waals surface area contributed by atoms with Gasteiger partial charge < -0.3 is 9.67 Å². The minimum Gasteiger partial charge on any atom is -0.481 e. The lowest BCUT2D eigenvalue weighted by molar-refractivity contribution is -0.137. The van der Waals surface area contributed by atoms with Crippen LogP contribution < -0.4 is 0 Å². The van der Waals surface area contributed by atoms with E-state index >= 15 is 0 Å². The maximum Gasteiger partial charge on any atom is 0.303 e. The minimum absolute atomic E-state index is 0.00688. The Bertz CT molecular complexity index is 832. The Kier molecular flexibility index (Phi) is 3.72. The van der Waals surface area contributed by atoms with Gasteiger partial charge in [0.15, 0.2) is 0 Å². The van der Waals surface area contributed by atoms with Crippen LogP contribution in [0.15, 0.2) is 54.7 Å². The fourth-order valence-electron chi connectivity index (χ4n) is 2.96. The second kappa shape index (κ2) is 5.68. The summed E-state index contributed by atoms with van der Waals surface area (Å²) in [5.74, 6) is -0.754. The number of para-hydroxylation sites is 1. The molecule has 0 saturated heterocycles. The van der Waals surface area contributed by atoms with Gasteiger partial charge in [-0.15, -0.1) is 0 Å². The molecule has 0 aliphatic heterocycles. The van der Waals surface area contributed by atoms with E-state index in [1.165, 1.54) is 16.5 Å². The number of carboxylic acid groups (broad SMARTS) is 1. The number of hydrogen-bond acceptors (Lipinski definition) is 1. The first-order valence-corrected chi connectivity index (χ1v) is 7.42. The highest BCUT2D eigenvalue weighted by molar-refractivity contribution is 5.96. The van der Waals surface area contributed by atoms with Gasteiger partial charge in [-0.05, 0) is 23.1 Å². The maximum atomic E-state index is 10.9. The summed E-state index contributed by atoms with van der Waals surface area (Å²) in [5, 5.41) is 10.2. The fourth-order valence-corrected chi connectivity index (χ4v) is 2.96. The highest BCUT2D eigenvalue weighted by Gasteiger charge is 2.13. The van der Waals surface area contributed by atoms with Crippen LogP contribution in [-0.4, -0.2) is 15.6 Å². The van der Waals surface area contributed by atoms with E-state index in [0.717, 1.165) is 11.1 Å². The van der Waals surface area contributed by atoms with Crippen molar-refractivity contribution in [1.82, 2.24) is 4.57 Å². The lowest BCUT2D eigenvalue weighted by Gasteiger charge is -2.10. The third-order valence-electron chi connectivity index (χ3n) is 4.14. The molecule has 0 unspecified atom stereocenters. The van der Waals surface area contributed by atoms with Crippen molar-refractivity contribution in [1.29, 1.82) is 0 Å². The standard InChI is InChI=1S/C19H19NO2/c1-13(10-19(21)22)14-6-5-7-15(11-14)17-12-20(2)18-9-4-3-8-16(17)18/h3-9,11-13H,10H2,1-2H3,(H,21,22)/t13-/m1/s1. The summed E-state index contributed by atoms with van der Waals surface area (Å²) in [6, 6.07) is 16.5. The van der Waals surface area contributed by atoms with Gasteiger partial charge in [-0.3, -0.25) is 4.79 Å². The molecule has 1 N–H and O–H groups in total. The first kappa shape index (κ1) is 14.4. The van der Waals surface area contributed by atoms with E-state index in [2.05, 4.69) is 35.0 Å². The average Bonchev–Trinajstić information content (AvgIpc) is 2.84. The summed E-state index contributed by atoms with van der Waals surface area (Å²) in [5.41, 5.74) is 4.57. The van der Waals surface area contributed by atoms with Crippen LogP contribution in [0.4, 0.5) is 0 Å². The normalized spacial score (nSPS) is 12.5. The van der Waals surface area contributed by atoms with Crippen LogP contribution in [0.3, 0.4) is 0 Å². The molecule has 3 nitrogen and oxygen atoms in total. The van der Waals surface area contributed by atoms with Crippen LogP contribution in [0.5, 0.6) is 0 Å². The number of carbonyl (C=O) groups is 1. The van der Waals surface area contributed by atoms with E-state index in [0.29, 0.717) is 0 Å². The van der Waals surface area contributed by atoms with Crippen molar-refractivity contribution in [3.05, 3.63) is 60.3 Å². The van der Waals surface area contributed by atoms with Crippen LogP contribution in [-0.2, 0) is 11.8 Å². The molecule has 112 valence electrons. The van der Waals surface area contributed by atoms with E-state index < -0.39 is 5.97 Å². The number of nitrogens with zero attached hydrogens (tertiary/aromatic N) is 1. The van der Waals surface area contributed by atoms with Gasteiger partial charge in [0.25, 0.3) is 0 Å². The third-order valence-corrected chi connectivity index (χ3v) is 4.14. The van der Waals surface area contributed by atoms with Crippen LogP contribution in [0.1, 0.15) is 24.8 Å². The van der Waals surface area contributed by atoms with Crippen molar-refractivity contribution >= 4 is 16.9 Å². The van der Waals surface area contributed by atoms with Gasteiger partial charge in [-0.1, -0.05) is 49.4 Å². The van der Waals surface area contributed by atoms with Crippen molar-refractivity contribution in [3.63, 3.8) is 0 Å². The molecule has 3 heteroatoms. The zero-order valence-corrected chi connectivity index (χ0v) is 12.8. The van der Waals surface area contributed by atoms with E-state index in [9.17, 15) is 4.79 Å². The Labute approximate surface area is 129 Å². The molecule has 0 spiro atoms. The highest BCUT2D eigenvalue weighted by Crippen LogP contribution is 2.32. The zero-order valence-electron chi connectivity index (χ0n) is 12.8. The van der Waals surface area contributed by atoms with Gasteiger partial charge in [-0.2, -0.15) is 0 Å². The molecule has 3 rings (SSSR count). The van der Waals surface area contributed by atoms with E-state index in [1.807, 2.05) is 38.2 Å². The van der Waals surface area contributed by atoms with Crippen molar-refractivity contribution in [2.24, 2.45) is 7.05 Å². The van der Waals surface area contributed by atoms with Crippen molar-refractivity contribution < 1.29 is 9.90 Å². The van der Waals surface area contributed by atoms with Crippen molar-refractivity contribution in [3.8, 4) is 11.1 Å². The van der Waals surface area contributed by atoms with E-state index in [-0.39, 0.29) is 12.3 Å². The van der Waals surface area contributed by atoms with Gasteiger partial charge in [0.1, 0.15) is 0 Å². The highest BCUT2D eigenvalue weighted by atomic mass is 16.4. The SMILES string of the molecule is C[C@H](CC(=O)O)c1cccc(-c2cn(C)c3ccccc23)c1. The summed E-state index contributed by atoms with van der Waals surface area (Å²) >= 11 is 0. The molecule has 0 aliphatic carbocycles. The first-order chi connectivity index (χ1) is 10.6. The number of fused-ring (bicyclic) bond motifs is 1. The van der Waals surface area contributed by atoms with Gasteiger partial charge in [0.05, 0.1) is 6.42 Å². The topological polar surface area (TPSA) is 42.2 Å². The fraction of sp³-hybridized carbons (Fsp3) is 0.211. The Morgan fingerprint density at radius 2 is 1.95 bits per heavy atom. The molecule has 2 aromatic carbocycles. The average molecular weight is 293 g/mol. The number of aryl methyl sites for hydroxylation is 1. The lowest BCUT2D eigenvalue weighted by Crippen LogP contribution is -2.02. The van der Waals surface area contributed by atoms with Crippen LogP contribution >= 0.6 is 0 Å². The number of rotatable bonds is 4. The zero-order chi connectivity index (χ0) is 15.7. The number of hydrogen-bond donors (Lipinski definition) is 1. The Morgan fingerprint density at radius 3 is 2.73 bits per heavy atom. The molecule has 0 saturated carbocycles. The minimum atomic E-state index is -0.761. The largest absolute Gasteiger partial charge is 0.481 e. The van der Waals surface area contributed by atoms with E-state index in [1.54, 1.807) is 0 Å². The predicted octanol–water partition coefficient (Wildman–Crippen LogP) is 4.42. The summed E-state index contributed by atoms with van der Waals surface area (Å²) in [7, 11) is 2.04. The molecule has 22 heavy (non-hydrogen) atoms. The van der Waals surface area contributed by atoms with Gasteiger partial charge in [0, 0.05) is 29.7 Å². The van der Waals surface area contributed by atoms with Crippen molar-refractivity contribution in [2.75, 3.05) is 0 Å². The van der Waals surface area contributed by atoms with Crippen LogP contribution in [0.2, 0.25) is 0 Å². The molecule has 1 heterocycles. The molecular formula is C19H19NO2. The predicted molar refractivity (Wildman–Crippen MR) is 89.0 cm³/mol. The summed E-state index contributed by atoms with van der Waals surface area (Å²) in [4.78, 5) is 10.9. The molecular weight excluding hydrogens is 274 g/mol. The molecule has 0 fully saturated rings. The first-order valence-electron chi connectivity index (χ1n) is 7.42. The molecule has 3 aromatic rings. The maximum absolute atomic E-state index is 10.9. The van der Waals surface area contributed by atoms with Crippen molar-refractivity contribution in [2.45, 2.75) is 19.3 Å². The summed E-state index contributed by atoms with van der Waals surface area (Å²) in [6.45, 7) is 1.95. The quantitative estimate of drug-likeness (QED) is 0.773. The number of benzene rings is 2. The van der Waals surface area contributed by atoms with Gasteiger partial charge >= 0.3 is 5.97 Å². The van der Waals surface area contributed by atoms with Crippen LogP contribution in [0.25, 0.3) is 22.0 Å². The van der Waals surface area contributed by atoms with Crippen LogP contribution in [0, 0.1) is 0 Å². The third kappa shape index (κ3) is 2.62. The van der Waals surface area contributed by atoms with Gasteiger partial charge in [0.2, 0.25) is 0 Å². The molecule has 0 amide bonds. The van der Waals surface area contributed by atoms with Gasteiger partial charge in [-0.25, -0.2) is 0 Å². The molecule has 1 atom stereocenters. The number of carboxylic acids is 1. The summed E-state index contributed by atoms with van der Waals surface area (Å²) < 4.78 is 2.12. The molecule has 0 aliphatic rings. The Morgan fingerprint density at radius 1 is 1.18 bits per heavy atom. The van der Waals surface area contributed by atoms with E-state index in [4.69, 9.17) is 5.11 Å². The Balaban J connectivity index is 2.06. The lowest BCUT2D eigenvalue weighted by atomic mass is 9.94. The molecule has 0 radical (unpaired) electrons. The number of aliphatic carboxylic acids is 1. The second-order valence-corrected chi connectivity index (χ2v) is 5.80. The monoisotopic (exact) mass is 293 g/mol. The Hall–Kier alpha value is -2.55. The molecule has 1 aromatic heterocycles. The molecule has 0 bridgehead atoms. The summed E-state index contributed by atoms with van der Waals surface area (Å²) in [6.07, 6.45) is 2.28. The number of aromatic nitrogens is 1. The smallest absolute Gasteiger partial charge is 0.303 e.